The van der Waals surface area contributed by atoms with Crippen LogP contribution in [0.1, 0.15) is 54.4 Å². The van der Waals surface area contributed by atoms with Gasteiger partial charge >= 0.3 is 0 Å². The maximum atomic E-state index is 14.1. The van der Waals surface area contributed by atoms with Gasteiger partial charge in [-0.1, -0.05) is 6.42 Å². The Hall–Kier alpha value is -3.46. The van der Waals surface area contributed by atoms with E-state index in [4.69, 9.17) is 0 Å². The fourth-order valence-electron chi connectivity index (χ4n) is 5.57. The summed E-state index contributed by atoms with van der Waals surface area (Å²) < 4.78 is 28.2. The second kappa shape index (κ2) is 10.9. The highest BCUT2D eigenvalue weighted by molar-refractivity contribution is 6.05. The average Bonchev–Trinajstić information content (AvgIpc) is 2.91. The summed E-state index contributed by atoms with van der Waals surface area (Å²) in [5.74, 6) is -2.03. The van der Waals surface area contributed by atoms with E-state index in [-0.39, 0.29) is 30.3 Å². The van der Waals surface area contributed by atoms with E-state index in [1.807, 2.05) is 13.0 Å². The smallest absolute Gasteiger partial charge is 0.257 e. The number of carbonyl (C=O) groups excluding carboxylic acids is 2. The predicted octanol–water partition coefficient (Wildman–Crippen LogP) is 3.90. The number of likely N-dealkylation sites (tertiary alicyclic amines) is 2. The largest absolute Gasteiger partial charge is 0.350 e. The van der Waals surface area contributed by atoms with E-state index in [1.165, 1.54) is 18.3 Å². The Labute approximate surface area is 214 Å². The Morgan fingerprint density at radius 2 is 1.81 bits per heavy atom. The molecule has 1 aromatic carbocycles. The summed E-state index contributed by atoms with van der Waals surface area (Å²) >= 11 is 0. The predicted molar refractivity (Wildman–Crippen MR) is 136 cm³/mol. The standard InChI is InChI=1S/C28H31F2N5O2/c1-18(34-9-3-2-4-10-34)27(36)33-25-17-35(11-7-23(25)20-12-21(29)14-22(30)13-20)28(37)24-16-31-15-19-6-5-8-32-26(19)24/h5-6,8,12-16,18,23,25H,2-4,7,9-11,17H2,1H3,(H,33,36)/t18-,23+,25-/m1/s1. The van der Waals surface area contributed by atoms with E-state index >= 15 is 0 Å². The second-order valence-electron chi connectivity index (χ2n) is 10.00. The molecule has 1 N–H and O–H groups in total. The quantitative estimate of drug-likeness (QED) is 0.567. The number of carbonyl (C=O) groups is 2. The van der Waals surface area contributed by atoms with Crippen LogP contribution in [0.2, 0.25) is 0 Å². The van der Waals surface area contributed by atoms with Crippen molar-refractivity contribution in [2.24, 2.45) is 0 Å². The Morgan fingerprint density at radius 1 is 1.05 bits per heavy atom. The summed E-state index contributed by atoms with van der Waals surface area (Å²) in [5.41, 5.74) is 1.44. The minimum atomic E-state index is -0.659. The molecule has 9 heteroatoms. The van der Waals surface area contributed by atoms with Crippen molar-refractivity contribution < 1.29 is 18.4 Å². The number of rotatable bonds is 5. The summed E-state index contributed by atoms with van der Waals surface area (Å²) in [5, 5.41) is 3.89. The molecule has 194 valence electrons. The van der Waals surface area contributed by atoms with Gasteiger partial charge in [-0.05, 0) is 69.1 Å². The third kappa shape index (κ3) is 5.46. The minimum Gasteiger partial charge on any atom is -0.350 e. The number of benzene rings is 1. The number of hydrogen-bond donors (Lipinski definition) is 1. The average molecular weight is 508 g/mol. The van der Waals surface area contributed by atoms with Crippen LogP contribution in [-0.4, -0.2) is 69.8 Å². The van der Waals surface area contributed by atoms with Crippen LogP contribution in [0.4, 0.5) is 8.78 Å². The summed E-state index contributed by atoms with van der Waals surface area (Å²) in [6, 6.07) is 6.28. The molecule has 2 amide bonds. The molecular formula is C28H31F2N5O2. The van der Waals surface area contributed by atoms with Crippen molar-refractivity contribution >= 4 is 22.7 Å². The third-order valence-corrected chi connectivity index (χ3v) is 7.60. The van der Waals surface area contributed by atoms with Gasteiger partial charge in [0.25, 0.3) is 5.91 Å². The van der Waals surface area contributed by atoms with Crippen LogP contribution in [0.15, 0.2) is 48.9 Å². The highest BCUT2D eigenvalue weighted by atomic mass is 19.1. The van der Waals surface area contributed by atoms with Gasteiger partial charge in [-0.15, -0.1) is 0 Å². The topological polar surface area (TPSA) is 78.4 Å². The number of amides is 2. The SMILES string of the molecule is C[C@H](C(=O)N[C@@H]1CN(C(=O)c2cncc3cccnc23)CC[C@H]1c1cc(F)cc(F)c1)N1CCCCC1. The maximum absolute atomic E-state index is 14.1. The number of piperidine rings is 2. The van der Waals surface area contributed by atoms with Gasteiger partial charge in [0.1, 0.15) is 11.6 Å². The van der Waals surface area contributed by atoms with E-state index in [9.17, 15) is 18.4 Å². The molecule has 0 aliphatic carbocycles. The van der Waals surface area contributed by atoms with Gasteiger partial charge in [-0.2, -0.15) is 0 Å². The molecule has 2 aliphatic rings. The van der Waals surface area contributed by atoms with Crippen LogP contribution in [0.25, 0.3) is 10.9 Å². The van der Waals surface area contributed by atoms with Gasteiger partial charge in [0.05, 0.1) is 23.2 Å². The van der Waals surface area contributed by atoms with Crippen LogP contribution < -0.4 is 5.32 Å². The Kier molecular flexibility index (Phi) is 7.41. The molecule has 7 nitrogen and oxygen atoms in total. The van der Waals surface area contributed by atoms with Crippen LogP contribution >= 0.6 is 0 Å². The van der Waals surface area contributed by atoms with Gasteiger partial charge in [0, 0.05) is 49.1 Å². The van der Waals surface area contributed by atoms with Crippen LogP contribution in [0, 0.1) is 11.6 Å². The number of fused-ring (bicyclic) bond motifs is 1. The molecule has 2 aliphatic heterocycles. The highest BCUT2D eigenvalue weighted by Crippen LogP contribution is 2.31. The molecule has 0 spiro atoms. The van der Waals surface area contributed by atoms with E-state index in [1.54, 1.807) is 23.4 Å². The molecule has 0 saturated carbocycles. The zero-order valence-corrected chi connectivity index (χ0v) is 20.9. The first kappa shape index (κ1) is 25.2. The minimum absolute atomic E-state index is 0.142. The fraction of sp³-hybridized carbons (Fsp3) is 0.429. The molecule has 0 radical (unpaired) electrons. The van der Waals surface area contributed by atoms with Gasteiger partial charge < -0.3 is 10.2 Å². The molecule has 2 fully saturated rings. The molecule has 3 atom stereocenters. The number of halogens is 2. The number of pyridine rings is 2. The lowest BCUT2D eigenvalue weighted by atomic mass is 9.84. The lowest BCUT2D eigenvalue weighted by Crippen LogP contribution is -2.57. The monoisotopic (exact) mass is 507 g/mol. The van der Waals surface area contributed by atoms with Crippen LogP contribution in [0.5, 0.6) is 0 Å². The molecule has 2 saturated heterocycles. The lowest BCUT2D eigenvalue weighted by molar-refractivity contribution is -0.127. The van der Waals surface area contributed by atoms with E-state index in [0.717, 1.165) is 43.8 Å². The Bertz CT molecular complexity index is 1270. The second-order valence-corrected chi connectivity index (χ2v) is 10.00. The van der Waals surface area contributed by atoms with Crippen molar-refractivity contribution in [3.8, 4) is 0 Å². The van der Waals surface area contributed by atoms with Crippen molar-refractivity contribution in [3.05, 3.63) is 71.7 Å². The van der Waals surface area contributed by atoms with E-state index in [2.05, 4.69) is 20.2 Å². The molecule has 2 aromatic heterocycles. The number of nitrogens with one attached hydrogen (secondary N) is 1. The van der Waals surface area contributed by atoms with Crippen molar-refractivity contribution in [1.29, 1.82) is 0 Å². The fourth-order valence-corrected chi connectivity index (χ4v) is 5.57. The number of hydrogen-bond acceptors (Lipinski definition) is 5. The Morgan fingerprint density at radius 3 is 2.57 bits per heavy atom. The molecule has 4 heterocycles. The van der Waals surface area contributed by atoms with Crippen molar-refractivity contribution in [1.82, 2.24) is 25.1 Å². The summed E-state index contributed by atoms with van der Waals surface area (Å²) in [6.45, 7) is 4.20. The highest BCUT2D eigenvalue weighted by Gasteiger charge is 2.36. The molecule has 3 aromatic rings. The normalized spacial score (nSPS) is 21.5. The first-order valence-corrected chi connectivity index (χ1v) is 12.9. The molecule has 5 rings (SSSR count). The zero-order valence-electron chi connectivity index (χ0n) is 20.9. The van der Waals surface area contributed by atoms with Gasteiger partial charge in [-0.3, -0.25) is 24.5 Å². The number of nitrogens with zero attached hydrogens (tertiary/aromatic N) is 4. The van der Waals surface area contributed by atoms with E-state index < -0.39 is 17.7 Å². The van der Waals surface area contributed by atoms with E-state index in [0.29, 0.717) is 29.6 Å². The van der Waals surface area contributed by atoms with Crippen molar-refractivity contribution in [2.75, 3.05) is 26.2 Å². The summed E-state index contributed by atoms with van der Waals surface area (Å²) in [7, 11) is 0. The van der Waals surface area contributed by atoms with Gasteiger partial charge in [0.15, 0.2) is 0 Å². The van der Waals surface area contributed by atoms with Gasteiger partial charge in [0.2, 0.25) is 5.91 Å². The lowest BCUT2D eigenvalue weighted by Gasteiger charge is -2.40. The first-order valence-electron chi connectivity index (χ1n) is 12.9. The Balaban J connectivity index is 1.41. The maximum Gasteiger partial charge on any atom is 0.257 e. The summed E-state index contributed by atoms with van der Waals surface area (Å²) in [6.07, 6.45) is 8.53. The van der Waals surface area contributed by atoms with Crippen LogP contribution in [0.3, 0.4) is 0 Å². The summed E-state index contributed by atoms with van der Waals surface area (Å²) in [4.78, 5) is 39.3. The third-order valence-electron chi connectivity index (χ3n) is 7.60. The van der Waals surface area contributed by atoms with Gasteiger partial charge in [-0.25, -0.2) is 8.78 Å². The molecule has 0 bridgehead atoms. The zero-order chi connectivity index (χ0) is 25.9. The van der Waals surface area contributed by atoms with Crippen molar-refractivity contribution in [3.63, 3.8) is 0 Å². The van der Waals surface area contributed by atoms with Crippen molar-refractivity contribution in [2.45, 2.75) is 50.6 Å². The molecule has 0 unspecified atom stereocenters. The molecule has 37 heavy (non-hydrogen) atoms. The number of aromatic nitrogens is 2. The molecular weight excluding hydrogens is 476 g/mol. The van der Waals surface area contributed by atoms with Crippen LogP contribution in [-0.2, 0) is 4.79 Å². The first-order chi connectivity index (χ1) is 17.9.